The van der Waals surface area contributed by atoms with Gasteiger partial charge in [0, 0.05) is 12.6 Å². The molecule has 2 aliphatic rings. The van der Waals surface area contributed by atoms with Gasteiger partial charge < -0.3 is 5.11 Å². The smallest absolute Gasteiger partial charge is 0.309 e. The summed E-state index contributed by atoms with van der Waals surface area (Å²) in [6.07, 6.45) is 8.92. The van der Waals surface area contributed by atoms with Crippen LogP contribution in [0, 0.1) is 17.3 Å². The van der Waals surface area contributed by atoms with Crippen LogP contribution in [0.4, 0.5) is 0 Å². The van der Waals surface area contributed by atoms with E-state index in [0.717, 1.165) is 25.3 Å². The molecule has 2 rings (SSSR count). The molecule has 0 bridgehead atoms. The van der Waals surface area contributed by atoms with Gasteiger partial charge in [0.25, 0.3) is 0 Å². The van der Waals surface area contributed by atoms with Crippen LogP contribution in [0.1, 0.15) is 65.7 Å². The Balaban J connectivity index is 2.04. The first-order chi connectivity index (χ1) is 9.46. The maximum Gasteiger partial charge on any atom is 0.309 e. The number of hydrogen-bond donors (Lipinski definition) is 1. The number of nitrogens with zero attached hydrogens (tertiary/aromatic N) is 1. The molecule has 116 valence electrons. The van der Waals surface area contributed by atoms with E-state index in [1.807, 2.05) is 13.8 Å². The molecule has 0 aromatic carbocycles. The molecule has 0 radical (unpaired) electrons. The second-order valence-electron chi connectivity index (χ2n) is 7.38. The summed E-state index contributed by atoms with van der Waals surface area (Å²) in [6.45, 7) is 8.28. The third-order valence-electron chi connectivity index (χ3n) is 5.89. The van der Waals surface area contributed by atoms with Crippen LogP contribution in [-0.4, -0.2) is 35.1 Å². The van der Waals surface area contributed by atoms with Gasteiger partial charge in [-0.15, -0.1) is 0 Å². The van der Waals surface area contributed by atoms with Gasteiger partial charge in [-0.3, -0.25) is 9.69 Å². The third kappa shape index (κ3) is 3.19. The van der Waals surface area contributed by atoms with Crippen LogP contribution in [0.5, 0.6) is 0 Å². The summed E-state index contributed by atoms with van der Waals surface area (Å²) in [5, 5.41) is 9.47. The van der Waals surface area contributed by atoms with Crippen molar-refractivity contribution in [2.75, 3.05) is 13.1 Å². The van der Waals surface area contributed by atoms with Crippen LogP contribution >= 0.6 is 0 Å². The molecule has 1 aliphatic heterocycles. The summed E-state index contributed by atoms with van der Waals surface area (Å²) in [5.41, 5.74) is -0.588. The van der Waals surface area contributed by atoms with Crippen molar-refractivity contribution in [3.63, 3.8) is 0 Å². The van der Waals surface area contributed by atoms with Crippen molar-refractivity contribution in [1.82, 2.24) is 4.90 Å². The minimum atomic E-state index is -0.639. The highest BCUT2D eigenvalue weighted by atomic mass is 16.4. The number of carboxylic acid groups (broad SMARTS) is 1. The summed E-state index contributed by atoms with van der Waals surface area (Å²) < 4.78 is 0. The van der Waals surface area contributed by atoms with E-state index in [9.17, 15) is 9.90 Å². The molecule has 0 aromatic heterocycles. The molecule has 1 heterocycles. The number of carboxylic acids is 1. The lowest BCUT2D eigenvalue weighted by atomic mass is 9.73. The maximum atomic E-state index is 11.5. The molecule has 0 spiro atoms. The second-order valence-corrected chi connectivity index (χ2v) is 7.38. The zero-order valence-corrected chi connectivity index (χ0v) is 13.4. The molecule has 1 saturated heterocycles. The van der Waals surface area contributed by atoms with Crippen LogP contribution in [0.25, 0.3) is 0 Å². The van der Waals surface area contributed by atoms with Crippen LogP contribution < -0.4 is 0 Å². The maximum absolute atomic E-state index is 11.5. The highest BCUT2D eigenvalue weighted by Gasteiger charge is 2.41. The molecule has 3 atom stereocenters. The molecular formula is C17H31NO2. The van der Waals surface area contributed by atoms with Crippen LogP contribution in [0.15, 0.2) is 0 Å². The largest absolute Gasteiger partial charge is 0.481 e. The summed E-state index contributed by atoms with van der Waals surface area (Å²) in [4.78, 5) is 14.1. The van der Waals surface area contributed by atoms with Crippen LogP contribution in [-0.2, 0) is 4.79 Å². The second kappa shape index (κ2) is 6.46. The van der Waals surface area contributed by atoms with Gasteiger partial charge in [0.15, 0.2) is 0 Å². The van der Waals surface area contributed by atoms with Crippen LogP contribution in [0.2, 0.25) is 0 Å². The molecule has 1 saturated carbocycles. The number of rotatable bonds is 4. The first-order valence-corrected chi connectivity index (χ1v) is 8.44. The van der Waals surface area contributed by atoms with Gasteiger partial charge >= 0.3 is 5.97 Å². The van der Waals surface area contributed by atoms with Crippen molar-refractivity contribution in [3.8, 4) is 0 Å². The predicted molar refractivity (Wildman–Crippen MR) is 81.8 cm³/mol. The molecule has 0 aromatic rings. The predicted octanol–water partition coefficient (Wildman–Crippen LogP) is 3.78. The quantitative estimate of drug-likeness (QED) is 0.852. The van der Waals surface area contributed by atoms with Crippen molar-refractivity contribution < 1.29 is 9.90 Å². The van der Waals surface area contributed by atoms with Crippen molar-refractivity contribution in [2.45, 2.75) is 71.8 Å². The number of aliphatic carboxylic acids is 1. The van der Waals surface area contributed by atoms with Gasteiger partial charge in [0.05, 0.1) is 5.41 Å². The Morgan fingerprint density at radius 3 is 2.55 bits per heavy atom. The fourth-order valence-corrected chi connectivity index (χ4v) is 4.22. The van der Waals surface area contributed by atoms with Crippen molar-refractivity contribution in [2.24, 2.45) is 17.3 Å². The van der Waals surface area contributed by atoms with E-state index in [1.165, 1.54) is 38.6 Å². The zero-order valence-electron chi connectivity index (χ0n) is 13.4. The van der Waals surface area contributed by atoms with Crippen molar-refractivity contribution in [3.05, 3.63) is 0 Å². The average molecular weight is 281 g/mol. The molecule has 3 nitrogen and oxygen atoms in total. The number of piperidine rings is 1. The van der Waals surface area contributed by atoms with Crippen molar-refractivity contribution >= 4 is 5.97 Å². The molecule has 2 fully saturated rings. The number of carbonyl (C=O) groups is 1. The first kappa shape index (κ1) is 15.8. The molecule has 1 aliphatic carbocycles. The first-order valence-electron chi connectivity index (χ1n) is 8.44. The lowest BCUT2D eigenvalue weighted by molar-refractivity contribution is -0.151. The Hall–Kier alpha value is -0.570. The van der Waals surface area contributed by atoms with Crippen LogP contribution in [0.3, 0.4) is 0 Å². The average Bonchev–Trinajstić information content (AvgIpc) is 2.47. The minimum Gasteiger partial charge on any atom is -0.481 e. The van der Waals surface area contributed by atoms with E-state index in [2.05, 4.69) is 11.8 Å². The topological polar surface area (TPSA) is 40.5 Å². The zero-order chi connectivity index (χ0) is 14.8. The SMILES string of the molecule is CCC1CCCCC1N1CCCC(C(C)(C)C(=O)O)C1. The highest BCUT2D eigenvalue weighted by Crippen LogP contribution is 2.38. The fourth-order valence-electron chi connectivity index (χ4n) is 4.22. The normalized spacial score (nSPS) is 33.0. The Morgan fingerprint density at radius 1 is 1.20 bits per heavy atom. The molecule has 3 heteroatoms. The Bertz CT molecular complexity index is 340. The summed E-state index contributed by atoms with van der Waals surface area (Å²) in [6, 6.07) is 0.709. The minimum absolute atomic E-state index is 0.299. The van der Waals surface area contributed by atoms with Gasteiger partial charge in [-0.05, 0) is 57.9 Å². The van der Waals surface area contributed by atoms with E-state index in [4.69, 9.17) is 0 Å². The van der Waals surface area contributed by atoms with Gasteiger partial charge in [-0.25, -0.2) is 0 Å². The third-order valence-corrected chi connectivity index (χ3v) is 5.89. The molecule has 0 amide bonds. The highest BCUT2D eigenvalue weighted by molar-refractivity contribution is 5.74. The molecule has 1 N–H and O–H groups in total. The monoisotopic (exact) mass is 281 g/mol. The van der Waals surface area contributed by atoms with Gasteiger partial charge in [0.2, 0.25) is 0 Å². The van der Waals surface area contributed by atoms with E-state index >= 15 is 0 Å². The fraction of sp³-hybridized carbons (Fsp3) is 0.941. The van der Waals surface area contributed by atoms with E-state index in [-0.39, 0.29) is 0 Å². The van der Waals surface area contributed by atoms with Gasteiger partial charge in [-0.2, -0.15) is 0 Å². The van der Waals surface area contributed by atoms with E-state index in [1.54, 1.807) is 0 Å². The van der Waals surface area contributed by atoms with Crippen molar-refractivity contribution in [1.29, 1.82) is 0 Å². The Kier molecular flexibility index (Phi) is 5.11. The Labute approximate surface area is 123 Å². The standard InChI is InChI=1S/C17H31NO2/c1-4-13-8-5-6-10-15(13)18-11-7-9-14(12-18)17(2,3)16(19)20/h13-15H,4-12H2,1-3H3,(H,19,20). The summed E-state index contributed by atoms with van der Waals surface area (Å²) in [5.74, 6) is 0.489. The molecule has 20 heavy (non-hydrogen) atoms. The Morgan fingerprint density at radius 2 is 1.90 bits per heavy atom. The van der Waals surface area contributed by atoms with E-state index in [0.29, 0.717) is 12.0 Å². The van der Waals surface area contributed by atoms with E-state index < -0.39 is 11.4 Å². The lowest BCUT2D eigenvalue weighted by Crippen LogP contribution is -2.51. The molecule has 3 unspecified atom stereocenters. The lowest BCUT2D eigenvalue weighted by Gasteiger charge is -2.46. The number of likely N-dealkylation sites (tertiary alicyclic amines) is 1. The van der Waals surface area contributed by atoms with Gasteiger partial charge in [0.1, 0.15) is 0 Å². The summed E-state index contributed by atoms with van der Waals surface area (Å²) in [7, 11) is 0. The summed E-state index contributed by atoms with van der Waals surface area (Å²) >= 11 is 0. The number of hydrogen-bond acceptors (Lipinski definition) is 2. The molecular weight excluding hydrogens is 250 g/mol. The van der Waals surface area contributed by atoms with Gasteiger partial charge in [-0.1, -0.05) is 26.2 Å².